The van der Waals surface area contributed by atoms with Gasteiger partial charge in [-0.3, -0.25) is 24.3 Å². The van der Waals surface area contributed by atoms with Gasteiger partial charge in [-0.2, -0.15) is 0 Å². The molecule has 33 heavy (non-hydrogen) atoms. The Kier molecular flexibility index (Phi) is 6.95. The lowest BCUT2D eigenvalue weighted by Crippen LogP contribution is -2.51. The Morgan fingerprint density at radius 2 is 1.58 bits per heavy atom. The predicted octanol–water partition coefficient (Wildman–Crippen LogP) is 2.40. The van der Waals surface area contributed by atoms with Crippen molar-refractivity contribution in [3.05, 3.63) is 60.2 Å². The fourth-order valence-corrected chi connectivity index (χ4v) is 4.44. The van der Waals surface area contributed by atoms with Crippen molar-refractivity contribution < 1.29 is 19.4 Å². The fraction of sp³-hybridized carbons (Fsp3) is 0.462. The van der Waals surface area contributed by atoms with Crippen molar-refractivity contribution in [3.8, 4) is 0 Å². The minimum Gasteiger partial charge on any atom is -0.389 e. The molecule has 0 aromatic heterocycles. The lowest BCUT2D eigenvalue weighted by Gasteiger charge is -2.37. The first-order chi connectivity index (χ1) is 15.8. The number of β-amino-alcohol motifs (C(OH)–C–C–N with tert-alkyl or cyclic N) is 1. The third kappa shape index (κ3) is 5.17. The predicted molar refractivity (Wildman–Crippen MR) is 128 cm³/mol. The van der Waals surface area contributed by atoms with Crippen LogP contribution >= 0.6 is 0 Å². The number of piperazine rings is 1. The average Bonchev–Trinajstić information content (AvgIpc) is 2.82. The number of hydrogen-bond donors (Lipinski definition) is 1. The number of amides is 2. The number of rotatable bonds is 9. The van der Waals surface area contributed by atoms with Crippen LogP contribution in [0.3, 0.4) is 0 Å². The normalized spacial score (nSPS) is 18.7. The first kappa shape index (κ1) is 23.6. The summed E-state index contributed by atoms with van der Waals surface area (Å²) in [5.74, 6) is -0.429. The molecule has 0 aliphatic carbocycles. The molecule has 7 heteroatoms. The maximum Gasteiger partial charge on any atom is 0.261 e. The number of aliphatic hydroxyl groups excluding tert-OH is 1. The topological polar surface area (TPSA) is 73.3 Å². The summed E-state index contributed by atoms with van der Waals surface area (Å²) in [6.45, 7) is 12.7. The van der Waals surface area contributed by atoms with Gasteiger partial charge >= 0.3 is 0 Å². The zero-order chi connectivity index (χ0) is 23.6. The Morgan fingerprint density at radius 1 is 1.00 bits per heavy atom. The van der Waals surface area contributed by atoms with Crippen molar-refractivity contribution >= 4 is 22.6 Å². The SMILES string of the molecule is C=CC(C)(C)OC[C@H](O)CN1CCN(CCN2C(=O)c3cccc4cccc(c34)C2=O)CC1. The first-order valence-electron chi connectivity index (χ1n) is 11.6. The second kappa shape index (κ2) is 9.73. The average molecular weight is 452 g/mol. The molecule has 1 atom stereocenters. The van der Waals surface area contributed by atoms with Crippen molar-refractivity contribution in [2.45, 2.75) is 25.6 Å². The van der Waals surface area contributed by atoms with Crippen LogP contribution in [0.4, 0.5) is 0 Å². The van der Waals surface area contributed by atoms with Gasteiger partial charge in [0.05, 0.1) is 18.3 Å². The van der Waals surface area contributed by atoms with Gasteiger partial charge in [-0.15, -0.1) is 6.58 Å². The molecule has 2 aliphatic heterocycles. The van der Waals surface area contributed by atoms with Crippen LogP contribution in [0.15, 0.2) is 49.1 Å². The molecule has 0 spiro atoms. The summed E-state index contributed by atoms with van der Waals surface area (Å²) in [4.78, 5) is 32.0. The number of imide groups is 1. The van der Waals surface area contributed by atoms with E-state index in [1.54, 1.807) is 18.2 Å². The summed E-state index contributed by atoms with van der Waals surface area (Å²) < 4.78 is 5.70. The van der Waals surface area contributed by atoms with E-state index in [4.69, 9.17) is 4.74 Å². The maximum atomic E-state index is 13.0. The second-order valence-electron chi connectivity index (χ2n) is 9.39. The van der Waals surface area contributed by atoms with E-state index in [2.05, 4.69) is 16.4 Å². The number of carbonyl (C=O) groups excluding carboxylic acids is 2. The van der Waals surface area contributed by atoms with E-state index < -0.39 is 11.7 Å². The summed E-state index contributed by atoms with van der Waals surface area (Å²) in [5.41, 5.74) is 0.751. The van der Waals surface area contributed by atoms with Gasteiger partial charge in [-0.05, 0) is 31.4 Å². The molecule has 2 heterocycles. The molecule has 2 aromatic carbocycles. The molecule has 7 nitrogen and oxygen atoms in total. The largest absolute Gasteiger partial charge is 0.389 e. The highest BCUT2D eigenvalue weighted by Gasteiger charge is 2.33. The van der Waals surface area contributed by atoms with Crippen molar-refractivity contribution in [2.75, 3.05) is 52.4 Å². The van der Waals surface area contributed by atoms with E-state index in [9.17, 15) is 14.7 Å². The zero-order valence-corrected chi connectivity index (χ0v) is 19.5. The van der Waals surface area contributed by atoms with Crippen molar-refractivity contribution in [2.24, 2.45) is 0 Å². The molecule has 1 fully saturated rings. The van der Waals surface area contributed by atoms with Crippen molar-refractivity contribution in [1.29, 1.82) is 0 Å². The number of nitrogens with zero attached hydrogens (tertiary/aromatic N) is 3. The van der Waals surface area contributed by atoms with E-state index >= 15 is 0 Å². The Hall–Kier alpha value is -2.58. The molecular formula is C26H33N3O4. The maximum absolute atomic E-state index is 13.0. The van der Waals surface area contributed by atoms with Crippen LogP contribution in [0.2, 0.25) is 0 Å². The first-order valence-corrected chi connectivity index (χ1v) is 11.6. The minimum atomic E-state index is -0.554. The molecule has 2 amide bonds. The Bertz CT molecular complexity index is 992. The van der Waals surface area contributed by atoms with Crippen LogP contribution in [-0.2, 0) is 4.74 Å². The van der Waals surface area contributed by atoms with Gasteiger partial charge in [0.1, 0.15) is 0 Å². The third-order valence-electron chi connectivity index (χ3n) is 6.57. The monoisotopic (exact) mass is 451 g/mol. The van der Waals surface area contributed by atoms with E-state index in [1.807, 2.05) is 38.1 Å². The summed E-state index contributed by atoms with van der Waals surface area (Å²) in [6, 6.07) is 11.2. The molecule has 0 unspecified atom stereocenters. The lowest BCUT2D eigenvalue weighted by molar-refractivity contribution is -0.0449. The molecule has 4 rings (SSSR count). The Morgan fingerprint density at radius 3 is 2.15 bits per heavy atom. The molecule has 1 N–H and O–H groups in total. The summed E-state index contributed by atoms with van der Waals surface area (Å²) >= 11 is 0. The van der Waals surface area contributed by atoms with Gasteiger partial charge in [-0.25, -0.2) is 0 Å². The molecule has 2 aliphatic rings. The van der Waals surface area contributed by atoms with Crippen LogP contribution in [0.1, 0.15) is 34.6 Å². The standard InChI is InChI=1S/C26H33N3O4/c1-4-26(2,3)33-18-20(30)17-28-13-11-27(12-14-28)15-16-29-24(31)21-9-5-7-19-8-6-10-22(23(19)21)25(29)32/h4-10,20,30H,1,11-18H2,2-3H3/t20-/m1/s1. The van der Waals surface area contributed by atoms with Crippen LogP contribution in [-0.4, -0.2) is 95.7 Å². The quantitative estimate of drug-likeness (QED) is 0.466. The van der Waals surface area contributed by atoms with E-state index in [0.717, 1.165) is 37.0 Å². The Balaban J connectivity index is 1.28. The van der Waals surface area contributed by atoms with Gasteiger partial charge in [0, 0.05) is 62.3 Å². The van der Waals surface area contributed by atoms with Crippen LogP contribution < -0.4 is 0 Å². The third-order valence-corrected chi connectivity index (χ3v) is 6.57. The second-order valence-corrected chi connectivity index (χ2v) is 9.39. The summed E-state index contributed by atoms with van der Waals surface area (Å²) in [5, 5.41) is 12.0. The highest BCUT2D eigenvalue weighted by Crippen LogP contribution is 2.29. The zero-order valence-electron chi connectivity index (χ0n) is 19.5. The number of aliphatic hydroxyl groups is 1. The summed E-state index contributed by atoms with van der Waals surface area (Å²) in [7, 11) is 0. The molecular weight excluding hydrogens is 418 g/mol. The molecule has 0 radical (unpaired) electrons. The molecule has 0 bridgehead atoms. The highest BCUT2D eigenvalue weighted by atomic mass is 16.5. The van der Waals surface area contributed by atoms with E-state index in [-0.39, 0.29) is 18.4 Å². The van der Waals surface area contributed by atoms with Gasteiger partial charge < -0.3 is 9.84 Å². The van der Waals surface area contributed by atoms with Gasteiger partial charge in [0.2, 0.25) is 0 Å². The molecule has 1 saturated heterocycles. The number of carbonyl (C=O) groups is 2. The van der Waals surface area contributed by atoms with Crippen molar-refractivity contribution in [3.63, 3.8) is 0 Å². The van der Waals surface area contributed by atoms with Crippen LogP contribution in [0.5, 0.6) is 0 Å². The van der Waals surface area contributed by atoms with E-state index in [1.165, 1.54) is 4.90 Å². The number of benzene rings is 2. The molecule has 176 valence electrons. The smallest absolute Gasteiger partial charge is 0.261 e. The summed E-state index contributed by atoms with van der Waals surface area (Å²) in [6.07, 6.45) is 1.18. The minimum absolute atomic E-state index is 0.214. The number of hydrogen-bond acceptors (Lipinski definition) is 6. The number of ether oxygens (including phenoxy) is 1. The highest BCUT2D eigenvalue weighted by molar-refractivity contribution is 6.25. The fourth-order valence-electron chi connectivity index (χ4n) is 4.44. The van der Waals surface area contributed by atoms with E-state index in [0.29, 0.717) is 30.8 Å². The van der Waals surface area contributed by atoms with Crippen LogP contribution in [0.25, 0.3) is 10.8 Å². The van der Waals surface area contributed by atoms with Crippen molar-refractivity contribution in [1.82, 2.24) is 14.7 Å². The van der Waals surface area contributed by atoms with Gasteiger partial charge in [-0.1, -0.05) is 30.3 Å². The molecule has 2 aromatic rings. The van der Waals surface area contributed by atoms with Gasteiger partial charge in [0.25, 0.3) is 11.8 Å². The van der Waals surface area contributed by atoms with Gasteiger partial charge in [0.15, 0.2) is 0 Å². The lowest BCUT2D eigenvalue weighted by atomic mass is 9.94. The van der Waals surface area contributed by atoms with Crippen LogP contribution in [0, 0.1) is 0 Å². The Labute approximate surface area is 195 Å². The molecule has 0 saturated carbocycles.